The van der Waals surface area contributed by atoms with Crippen molar-refractivity contribution in [2.24, 2.45) is 0 Å². The molecule has 3 N–H and O–H groups in total. The molecule has 0 aliphatic heterocycles. The number of halogens is 1. The van der Waals surface area contributed by atoms with Crippen LogP contribution in [0.15, 0.2) is 23.1 Å². The topological polar surface area (TPSA) is 72.5 Å². The monoisotopic (exact) mass is 289 g/mol. The normalized spacial score (nSPS) is 12.2. The zero-order valence-corrected chi connectivity index (χ0v) is 11.6. The molecule has 0 spiro atoms. The highest BCUT2D eigenvalue weighted by Crippen LogP contribution is 2.29. The molecule has 0 amide bonds. The van der Waals surface area contributed by atoms with E-state index in [9.17, 15) is 9.90 Å². The highest BCUT2D eigenvalue weighted by Gasteiger charge is 2.13. The van der Waals surface area contributed by atoms with Gasteiger partial charge in [-0.15, -0.1) is 11.8 Å². The highest BCUT2D eigenvalue weighted by molar-refractivity contribution is 7.99. The minimum atomic E-state index is -0.758. The van der Waals surface area contributed by atoms with Gasteiger partial charge in [0.05, 0.1) is 24.2 Å². The van der Waals surface area contributed by atoms with E-state index in [0.29, 0.717) is 23.1 Å². The average molecular weight is 290 g/mol. The number of nitrogens with two attached hydrogens (primary N) is 1. The molecule has 0 saturated carbocycles. The zero-order chi connectivity index (χ0) is 13.5. The minimum absolute atomic E-state index is 0.0131. The molecule has 0 aliphatic carbocycles. The second-order valence-corrected chi connectivity index (χ2v) is 5.13. The average Bonchev–Trinajstić information content (AvgIpc) is 2.30. The highest BCUT2D eigenvalue weighted by atomic mass is 35.5. The van der Waals surface area contributed by atoms with E-state index in [0.717, 1.165) is 4.90 Å². The molecule has 0 aliphatic rings. The molecular formula is C12H16ClNO3S. The fourth-order valence-electron chi connectivity index (χ4n) is 1.29. The second kappa shape index (κ2) is 7.51. The molecule has 1 atom stereocenters. The predicted octanol–water partition coefficient (Wildman–Crippen LogP) is 2.33. The van der Waals surface area contributed by atoms with Gasteiger partial charge in [-0.3, -0.25) is 4.79 Å². The molecule has 6 heteroatoms. The van der Waals surface area contributed by atoms with Crippen molar-refractivity contribution in [3.05, 3.63) is 23.2 Å². The molecule has 100 valence electrons. The number of hydrogen-bond acceptors (Lipinski definition) is 5. The molecule has 1 rings (SSSR count). The van der Waals surface area contributed by atoms with Crippen molar-refractivity contribution < 1.29 is 14.6 Å². The van der Waals surface area contributed by atoms with E-state index in [4.69, 9.17) is 22.1 Å². The van der Waals surface area contributed by atoms with E-state index in [1.807, 2.05) is 0 Å². The molecule has 1 aromatic carbocycles. The van der Waals surface area contributed by atoms with Gasteiger partial charge in [0.25, 0.3) is 0 Å². The number of esters is 1. The first-order valence-corrected chi connectivity index (χ1v) is 6.90. The lowest BCUT2D eigenvalue weighted by molar-refractivity contribution is -0.144. The molecule has 0 aromatic heterocycles. The smallest absolute Gasteiger partial charge is 0.308 e. The summed E-state index contributed by atoms with van der Waals surface area (Å²) in [5.41, 5.74) is 6.26. The Bertz CT molecular complexity index is 414. The molecule has 0 saturated heterocycles. The van der Waals surface area contributed by atoms with Crippen LogP contribution in [-0.4, -0.2) is 29.5 Å². The number of thioether (sulfide) groups is 1. The van der Waals surface area contributed by atoms with Gasteiger partial charge in [0.2, 0.25) is 0 Å². The Kier molecular flexibility index (Phi) is 6.32. The third-order valence-electron chi connectivity index (χ3n) is 2.09. The molecule has 0 heterocycles. The van der Waals surface area contributed by atoms with Gasteiger partial charge in [-0.25, -0.2) is 0 Å². The van der Waals surface area contributed by atoms with Crippen LogP contribution in [0.25, 0.3) is 0 Å². The maximum Gasteiger partial charge on any atom is 0.308 e. The Hall–Kier alpha value is -0.910. The Morgan fingerprint density at radius 1 is 1.61 bits per heavy atom. The van der Waals surface area contributed by atoms with Crippen LogP contribution in [0, 0.1) is 0 Å². The Morgan fingerprint density at radius 3 is 3.00 bits per heavy atom. The molecule has 0 fully saturated rings. The molecule has 18 heavy (non-hydrogen) atoms. The van der Waals surface area contributed by atoms with Gasteiger partial charge < -0.3 is 15.6 Å². The van der Waals surface area contributed by atoms with Crippen molar-refractivity contribution in [3.8, 4) is 0 Å². The Balaban J connectivity index is 2.44. The quantitative estimate of drug-likeness (QED) is 0.478. The van der Waals surface area contributed by atoms with Gasteiger partial charge in [-0.2, -0.15) is 0 Å². The van der Waals surface area contributed by atoms with Gasteiger partial charge >= 0.3 is 5.97 Å². The summed E-state index contributed by atoms with van der Waals surface area (Å²) in [5, 5.41) is 10.3. The standard InChI is InChI=1S/C12H16ClNO3S/c1-2-17-12(16)6-9(15)7-18-11-5-8(14)3-4-10(11)13/h3-5,9,15H,2,6-7,14H2,1H3. The van der Waals surface area contributed by atoms with Crippen LogP contribution in [0.5, 0.6) is 0 Å². The van der Waals surface area contributed by atoms with Crippen LogP contribution in [-0.2, 0) is 9.53 Å². The van der Waals surface area contributed by atoms with E-state index < -0.39 is 12.1 Å². The first-order chi connectivity index (χ1) is 8.52. The minimum Gasteiger partial charge on any atom is -0.466 e. The van der Waals surface area contributed by atoms with Crippen LogP contribution in [0.1, 0.15) is 13.3 Å². The fraction of sp³-hybridized carbons (Fsp3) is 0.417. The van der Waals surface area contributed by atoms with E-state index >= 15 is 0 Å². The summed E-state index contributed by atoms with van der Waals surface area (Å²) in [6.45, 7) is 2.05. The van der Waals surface area contributed by atoms with Crippen LogP contribution in [0.2, 0.25) is 5.02 Å². The van der Waals surface area contributed by atoms with Crippen molar-refractivity contribution in [1.29, 1.82) is 0 Å². The number of hydrogen-bond donors (Lipinski definition) is 2. The van der Waals surface area contributed by atoms with Crippen LogP contribution < -0.4 is 5.73 Å². The third-order valence-corrected chi connectivity index (χ3v) is 3.74. The van der Waals surface area contributed by atoms with Gasteiger partial charge in [0.1, 0.15) is 0 Å². The SMILES string of the molecule is CCOC(=O)CC(O)CSc1cc(N)ccc1Cl. The first kappa shape index (κ1) is 15.1. The van der Waals surface area contributed by atoms with Gasteiger partial charge in [0.15, 0.2) is 0 Å². The summed E-state index contributed by atoms with van der Waals surface area (Å²) in [5.74, 6) is -0.0357. The van der Waals surface area contributed by atoms with Crippen LogP contribution >= 0.6 is 23.4 Å². The number of nitrogen functional groups attached to an aromatic ring is 1. The number of aliphatic hydroxyl groups is 1. The maximum absolute atomic E-state index is 11.1. The van der Waals surface area contributed by atoms with Gasteiger partial charge in [0, 0.05) is 16.3 Å². The summed E-state index contributed by atoms with van der Waals surface area (Å²) >= 11 is 7.35. The van der Waals surface area contributed by atoms with E-state index in [2.05, 4.69) is 0 Å². The molecule has 0 bridgehead atoms. The Labute approximate surface area is 115 Å². The Morgan fingerprint density at radius 2 is 2.33 bits per heavy atom. The molecular weight excluding hydrogens is 274 g/mol. The van der Waals surface area contributed by atoms with Crippen molar-refractivity contribution in [1.82, 2.24) is 0 Å². The largest absolute Gasteiger partial charge is 0.466 e. The van der Waals surface area contributed by atoms with Crippen LogP contribution in [0.3, 0.4) is 0 Å². The van der Waals surface area contributed by atoms with Crippen molar-refractivity contribution in [3.63, 3.8) is 0 Å². The number of ether oxygens (including phenoxy) is 1. The molecule has 4 nitrogen and oxygen atoms in total. The van der Waals surface area contributed by atoms with Crippen molar-refractivity contribution in [2.75, 3.05) is 18.1 Å². The van der Waals surface area contributed by atoms with E-state index in [1.54, 1.807) is 25.1 Å². The lowest BCUT2D eigenvalue weighted by Gasteiger charge is -2.10. The lowest BCUT2D eigenvalue weighted by atomic mass is 10.3. The van der Waals surface area contributed by atoms with Crippen LogP contribution in [0.4, 0.5) is 5.69 Å². The molecule has 1 unspecified atom stereocenters. The first-order valence-electron chi connectivity index (χ1n) is 5.54. The number of benzene rings is 1. The second-order valence-electron chi connectivity index (χ2n) is 3.66. The summed E-state index contributed by atoms with van der Waals surface area (Å²) in [4.78, 5) is 11.9. The zero-order valence-electron chi connectivity index (χ0n) is 10.1. The van der Waals surface area contributed by atoms with Gasteiger partial charge in [-0.1, -0.05) is 11.6 Å². The number of aliphatic hydroxyl groups excluding tert-OH is 1. The van der Waals surface area contributed by atoms with E-state index in [1.165, 1.54) is 11.8 Å². The fourth-order valence-corrected chi connectivity index (χ4v) is 2.48. The number of anilines is 1. The summed E-state index contributed by atoms with van der Waals surface area (Å²) in [6.07, 6.45) is -0.771. The maximum atomic E-state index is 11.1. The van der Waals surface area contributed by atoms with Gasteiger partial charge in [-0.05, 0) is 25.1 Å². The lowest BCUT2D eigenvalue weighted by Crippen LogP contribution is -2.17. The summed E-state index contributed by atoms with van der Waals surface area (Å²) < 4.78 is 4.75. The summed E-state index contributed by atoms with van der Waals surface area (Å²) in [7, 11) is 0. The number of carbonyl (C=O) groups is 1. The number of rotatable bonds is 6. The van der Waals surface area contributed by atoms with Crippen molar-refractivity contribution >= 4 is 35.0 Å². The van der Waals surface area contributed by atoms with Crippen molar-refractivity contribution in [2.45, 2.75) is 24.3 Å². The predicted molar refractivity (Wildman–Crippen MR) is 73.8 cm³/mol. The number of carbonyl (C=O) groups excluding carboxylic acids is 1. The summed E-state index contributed by atoms with van der Waals surface area (Å²) in [6, 6.07) is 5.16. The molecule has 0 radical (unpaired) electrons. The third kappa shape index (κ3) is 5.16. The van der Waals surface area contributed by atoms with E-state index in [-0.39, 0.29) is 6.42 Å². The molecule has 1 aromatic rings.